The van der Waals surface area contributed by atoms with Gasteiger partial charge in [-0.3, -0.25) is 0 Å². The van der Waals surface area contributed by atoms with Crippen LogP contribution >= 0.6 is 0 Å². The number of hydrogen-bond acceptors (Lipinski definition) is 4. The van der Waals surface area contributed by atoms with Gasteiger partial charge >= 0.3 is 5.97 Å². The Bertz CT molecular complexity index is 831. The molecular weight excluding hydrogens is 282 g/mol. The summed E-state index contributed by atoms with van der Waals surface area (Å²) in [6.07, 6.45) is 0. The number of fused-ring (bicyclic) bond motifs is 1. The molecule has 3 aromatic rings. The van der Waals surface area contributed by atoms with Crippen LogP contribution in [0.3, 0.4) is 0 Å². The van der Waals surface area contributed by atoms with Gasteiger partial charge in [-0.1, -0.05) is 29.4 Å². The quantitative estimate of drug-likeness (QED) is 0.794. The van der Waals surface area contributed by atoms with Crippen molar-refractivity contribution in [1.82, 2.24) is 5.16 Å². The summed E-state index contributed by atoms with van der Waals surface area (Å²) in [5, 5.41) is 15.0. The molecule has 0 saturated heterocycles. The molecule has 0 saturated carbocycles. The van der Waals surface area contributed by atoms with Crippen molar-refractivity contribution in [1.29, 1.82) is 0 Å². The molecule has 5 nitrogen and oxygen atoms in total. The number of aryl methyl sites for hydroxylation is 2. The predicted octanol–water partition coefficient (Wildman–Crippen LogP) is 3.72. The highest BCUT2D eigenvalue weighted by molar-refractivity contribution is 5.97. The third-order valence-corrected chi connectivity index (χ3v) is 3.63. The minimum absolute atomic E-state index is 0.144. The van der Waals surface area contributed by atoms with Gasteiger partial charge in [0.1, 0.15) is 23.7 Å². The molecule has 1 heterocycles. The van der Waals surface area contributed by atoms with E-state index in [0.717, 1.165) is 22.0 Å². The van der Waals surface area contributed by atoms with Gasteiger partial charge in [-0.2, -0.15) is 0 Å². The molecule has 0 unspecified atom stereocenters. The Morgan fingerprint density at radius 1 is 1.23 bits per heavy atom. The standard InChI is InChI=1S/C17H15NO4/c1-10-15(11(2)22-18-10)9-21-16-8-13-6-4-3-5-12(13)7-14(16)17(19)20/h3-8H,9H2,1-2H3,(H,19,20). The van der Waals surface area contributed by atoms with Crippen LogP contribution in [0.4, 0.5) is 0 Å². The van der Waals surface area contributed by atoms with Crippen molar-refractivity contribution >= 4 is 16.7 Å². The van der Waals surface area contributed by atoms with E-state index in [1.165, 1.54) is 0 Å². The highest BCUT2D eigenvalue weighted by Gasteiger charge is 2.15. The molecule has 0 aliphatic carbocycles. The van der Waals surface area contributed by atoms with Gasteiger partial charge < -0.3 is 14.4 Å². The van der Waals surface area contributed by atoms with Gasteiger partial charge in [0.15, 0.2) is 0 Å². The first-order chi connectivity index (χ1) is 10.6. The second-order valence-electron chi connectivity index (χ2n) is 5.09. The lowest BCUT2D eigenvalue weighted by Crippen LogP contribution is -2.04. The van der Waals surface area contributed by atoms with E-state index in [1.54, 1.807) is 19.1 Å². The number of nitrogens with zero attached hydrogens (tertiary/aromatic N) is 1. The van der Waals surface area contributed by atoms with E-state index in [0.29, 0.717) is 11.5 Å². The highest BCUT2D eigenvalue weighted by Crippen LogP contribution is 2.27. The summed E-state index contributed by atoms with van der Waals surface area (Å²) in [4.78, 5) is 11.4. The fourth-order valence-electron chi connectivity index (χ4n) is 2.36. The summed E-state index contributed by atoms with van der Waals surface area (Å²) in [5.41, 5.74) is 1.73. The van der Waals surface area contributed by atoms with Crippen molar-refractivity contribution in [2.75, 3.05) is 0 Å². The Morgan fingerprint density at radius 3 is 2.50 bits per heavy atom. The molecule has 0 aliphatic rings. The lowest BCUT2D eigenvalue weighted by molar-refractivity contribution is 0.0692. The Balaban J connectivity index is 1.98. The molecule has 0 spiro atoms. The Morgan fingerprint density at radius 2 is 1.91 bits per heavy atom. The Hall–Kier alpha value is -2.82. The number of benzene rings is 2. The zero-order valence-electron chi connectivity index (χ0n) is 12.3. The number of carboxylic acids is 1. The van der Waals surface area contributed by atoms with Crippen LogP contribution in [0.2, 0.25) is 0 Å². The van der Waals surface area contributed by atoms with E-state index in [1.807, 2.05) is 31.2 Å². The highest BCUT2D eigenvalue weighted by atomic mass is 16.5. The maximum atomic E-state index is 11.4. The van der Waals surface area contributed by atoms with Gasteiger partial charge in [-0.15, -0.1) is 0 Å². The van der Waals surface area contributed by atoms with Crippen LogP contribution < -0.4 is 4.74 Å². The minimum atomic E-state index is -1.01. The zero-order chi connectivity index (χ0) is 15.7. The summed E-state index contributed by atoms with van der Waals surface area (Å²) in [5.74, 6) is 0.000815. The average Bonchev–Trinajstić information content (AvgIpc) is 2.83. The molecule has 0 aliphatic heterocycles. The van der Waals surface area contributed by atoms with Crippen molar-refractivity contribution in [3.8, 4) is 5.75 Å². The number of carboxylic acid groups (broad SMARTS) is 1. The summed E-state index contributed by atoms with van der Waals surface area (Å²) >= 11 is 0. The second-order valence-corrected chi connectivity index (χ2v) is 5.09. The second kappa shape index (κ2) is 5.52. The van der Waals surface area contributed by atoms with Crippen molar-refractivity contribution in [2.45, 2.75) is 20.5 Å². The van der Waals surface area contributed by atoms with Gasteiger partial charge in [-0.25, -0.2) is 4.79 Å². The fraction of sp³-hybridized carbons (Fsp3) is 0.176. The molecule has 112 valence electrons. The van der Waals surface area contributed by atoms with Crippen LogP contribution in [0.1, 0.15) is 27.4 Å². The van der Waals surface area contributed by atoms with Gasteiger partial charge in [0.25, 0.3) is 0 Å². The van der Waals surface area contributed by atoms with Crippen LogP contribution in [0.15, 0.2) is 40.9 Å². The van der Waals surface area contributed by atoms with E-state index in [-0.39, 0.29) is 12.2 Å². The summed E-state index contributed by atoms with van der Waals surface area (Å²) in [6.45, 7) is 3.85. The lowest BCUT2D eigenvalue weighted by Gasteiger charge is -2.10. The third-order valence-electron chi connectivity index (χ3n) is 3.63. The first-order valence-corrected chi connectivity index (χ1v) is 6.87. The summed E-state index contributed by atoms with van der Waals surface area (Å²) in [7, 11) is 0. The number of hydrogen-bond donors (Lipinski definition) is 1. The smallest absolute Gasteiger partial charge is 0.339 e. The molecular formula is C17H15NO4. The predicted molar refractivity (Wildman–Crippen MR) is 81.2 cm³/mol. The Labute approximate surface area is 127 Å². The molecule has 0 fully saturated rings. The third kappa shape index (κ3) is 2.53. The maximum absolute atomic E-state index is 11.4. The zero-order valence-corrected chi connectivity index (χ0v) is 12.3. The van der Waals surface area contributed by atoms with Crippen molar-refractivity contribution in [3.05, 3.63) is 59.0 Å². The first-order valence-electron chi connectivity index (χ1n) is 6.87. The van der Waals surface area contributed by atoms with E-state index < -0.39 is 5.97 Å². The molecule has 1 N–H and O–H groups in total. The molecule has 0 radical (unpaired) electrons. The van der Waals surface area contributed by atoms with Crippen LogP contribution in [0.5, 0.6) is 5.75 Å². The van der Waals surface area contributed by atoms with E-state index >= 15 is 0 Å². The van der Waals surface area contributed by atoms with Crippen LogP contribution in [-0.2, 0) is 6.61 Å². The van der Waals surface area contributed by atoms with Crippen LogP contribution in [0, 0.1) is 13.8 Å². The number of aromatic nitrogens is 1. The lowest BCUT2D eigenvalue weighted by atomic mass is 10.1. The SMILES string of the molecule is Cc1noc(C)c1COc1cc2ccccc2cc1C(=O)O. The van der Waals surface area contributed by atoms with Crippen LogP contribution in [-0.4, -0.2) is 16.2 Å². The van der Waals surface area contributed by atoms with Gasteiger partial charge in [0.05, 0.1) is 11.3 Å². The summed E-state index contributed by atoms with van der Waals surface area (Å²) < 4.78 is 10.8. The Kier molecular flexibility index (Phi) is 3.55. The number of rotatable bonds is 4. The van der Waals surface area contributed by atoms with E-state index in [4.69, 9.17) is 9.26 Å². The van der Waals surface area contributed by atoms with E-state index in [9.17, 15) is 9.90 Å². The monoisotopic (exact) mass is 297 g/mol. The molecule has 3 rings (SSSR count). The average molecular weight is 297 g/mol. The van der Waals surface area contributed by atoms with Crippen molar-refractivity contribution in [2.24, 2.45) is 0 Å². The summed E-state index contributed by atoms with van der Waals surface area (Å²) in [6, 6.07) is 10.9. The molecule has 0 amide bonds. The van der Waals surface area contributed by atoms with Gasteiger partial charge in [0, 0.05) is 0 Å². The van der Waals surface area contributed by atoms with Crippen LogP contribution in [0.25, 0.3) is 10.8 Å². The molecule has 22 heavy (non-hydrogen) atoms. The molecule has 0 atom stereocenters. The van der Waals surface area contributed by atoms with E-state index in [2.05, 4.69) is 5.16 Å². The first kappa shape index (κ1) is 14.1. The molecule has 0 bridgehead atoms. The number of carbonyl (C=O) groups is 1. The minimum Gasteiger partial charge on any atom is -0.488 e. The maximum Gasteiger partial charge on any atom is 0.339 e. The van der Waals surface area contributed by atoms with Crippen molar-refractivity contribution in [3.63, 3.8) is 0 Å². The van der Waals surface area contributed by atoms with Gasteiger partial charge in [-0.05, 0) is 36.8 Å². The molecule has 2 aromatic carbocycles. The molecule has 1 aromatic heterocycles. The topological polar surface area (TPSA) is 72.6 Å². The number of aromatic carboxylic acids is 1. The fourth-order valence-corrected chi connectivity index (χ4v) is 2.36. The normalized spacial score (nSPS) is 10.8. The van der Waals surface area contributed by atoms with Crippen molar-refractivity contribution < 1.29 is 19.2 Å². The largest absolute Gasteiger partial charge is 0.488 e. The van der Waals surface area contributed by atoms with Gasteiger partial charge in [0.2, 0.25) is 0 Å². The molecule has 5 heteroatoms. The number of ether oxygens (including phenoxy) is 1.